The summed E-state index contributed by atoms with van der Waals surface area (Å²) >= 11 is 9.54. The van der Waals surface area contributed by atoms with Crippen LogP contribution in [0.4, 0.5) is 0 Å². The minimum atomic E-state index is -0.782. The van der Waals surface area contributed by atoms with Gasteiger partial charge in [0, 0.05) is 44.8 Å². The normalized spacial score (nSPS) is 17.4. The molecule has 5 aliphatic rings. The molecule has 16 nitrogen and oxygen atoms in total. The number of rotatable bonds is 22. The number of halogens is 4. The summed E-state index contributed by atoms with van der Waals surface area (Å²) in [6, 6.07) is 10.5. The Balaban J connectivity index is 0.000000365. The first-order valence-electron chi connectivity index (χ1n) is 25.7. The summed E-state index contributed by atoms with van der Waals surface area (Å²) in [6.07, 6.45) is 15.2. The fourth-order valence-electron chi connectivity index (χ4n) is 8.64. The van der Waals surface area contributed by atoms with E-state index in [1.54, 1.807) is 0 Å². The molecule has 21 heteroatoms. The Morgan fingerprint density at radius 2 is 1.07 bits per heavy atom. The van der Waals surface area contributed by atoms with Crippen molar-refractivity contribution in [3.05, 3.63) is 47.5 Å². The third-order valence-electron chi connectivity index (χ3n) is 12.5. The predicted molar refractivity (Wildman–Crippen MR) is 319 cm³/mol. The Morgan fingerprint density at radius 1 is 0.658 bits per heavy atom. The zero-order valence-corrected chi connectivity index (χ0v) is 52.5. The third-order valence-corrected chi connectivity index (χ3v) is 12.5. The van der Waals surface area contributed by atoms with Crippen molar-refractivity contribution in [2.45, 2.75) is 161 Å². The van der Waals surface area contributed by atoms with Crippen molar-refractivity contribution in [3.8, 4) is 23.0 Å². The number of unbranched alkanes of at least 4 members (excludes halogenated alkanes) is 8. The van der Waals surface area contributed by atoms with Crippen LogP contribution in [0.1, 0.15) is 160 Å². The molecule has 0 saturated carbocycles. The van der Waals surface area contributed by atoms with E-state index in [9.17, 15) is 29.4 Å². The number of likely N-dealkylation sites (tertiary alicyclic amines) is 2. The maximum atomic E-state index is 12.5. The van der Waals surface area contributed by atoms with Crippen LogP contribution in [0.15, 0.2) is 36.4 Å². The first-order valence-corrected chi connectivity index (χ1v) is 41.3. The molecule has 3 fully saturated rings. The average molecular weight is 1510 g/mol. The van der Waals surface area contributed by atoms with Crippen LogP contribution in [0.3, 0.4) is 0 Å². The van der Waals surface area contributed by atoms with Gasteiger partial charge in [-0.05, 0) is 105 Å². The zero-order valence-electron chi connectivity index (χ0n) is 42.5. The monoisotopic (exact) mass is 1510 g/mol. The minimum absolute atomic E-state index is 0. The average Bonchev–Trinajstić information content (AvgIpc) is 4.18. The molecule has 5 heterocycles. The molecule has 73 heavy (non-hydrogen) atoms. The van der Waals surface area contributed by atoms with Crippen LogP contribution in [0.2, 0.25) is 0 Å². The summed E-state index contributed by atoms with van der Waals surface area (Å²) in [4.78, 5) is 57.3. The first kappa shape index (κ1) is 68.1. The summed E-state index contributed by atoms with van der Waals surface area (Å²) in [5, 5.41) is 25.2. The quantitative estimate of drug-likeness (QED) is 0.0375. The first-order chi connectivity index (χ1) is 34.8. The van der Waals surface area contributed by atoms with Gasteiger partial charge in [-0.3, -0.25) is 14.4 Å². The Kier molecular flexibility index (Phi) is 37.6. The Bertz CT molecular complexity index is 1860. The molecule has 3 saturated heterocycles. The topological polar surface area (TPSA) is 203 Å². The van der Waals surface area contributed by atoms with Crippen molar-refractivity contribution in [2.24, 2.45) is 5.73 Å². The summed E-state index contributed by atoms with van der Waals surface area (Å²) in [6.45, 7) is 12.1. The fourth-order valence-corrected chi connectivity index (χ4v) is 8.64. The summed E-state index contributed by atoms with van der Waals surface area (Å²) in [5.74, 6) is 1.49. The molecule has 0 aromatic heterocycles. The van der Waals surface area contributed by atoms with Crippen molar-refractivity contribution < 1.29 is 58.1 Å². The van der Waals surface area contributed by atoms with Crippen LogP contribution < -0.4 is 30.0 Å². The van der Waals surface area contributed by atoms with Crippen LogP contribution in [-0.2, 0) is 28.9 Å². The number of aliphatic hydroxyl groups is 2. The summed E-state index contributed by atoms with van der Waals surface area (Å²) in [5.41, 5.74) is 7.69. The number of nitrogens with one attached hydrogen (secondary N) is 1. The summed E-state index contributed by atoms with van der Waals surface area (Å²) < 4.78 is 22.3. The van der Waals surface area contributed by atoms with E-state index in [1.807, 2.05) is 41.3 Å². The molecule has 0 aliphatic carbocycles. The van der Waals surface area contributed by atoms with Gasteiger partial charge in [0.1, 0.15) is 32.5 Å². The van der Waals surface area contributed by atoms with Gasteiger partial charge in [0.25, 0.3) is 11.8 Å². The predicted octanol–water partition coefficient (Wildman–Crippen LogP) is 10.6. The molecule has 0 radical (unpaired) electrons. The molecule has 2 aromatic carbocycles. The van der Waals surface area contributed by atoms with Crippen LogP contribution in [-0.4, -0.2) is 131 Å². The van der Waals surface area contributed by atoms with E-state index in [4.69, 9.17) is 29.5 Å². The van der Waals surface area contributed by atoms with E-state index in [0.29, 0.717) is 61.7 Å². The van der Waals surface area contributed by atoms with Gasteiger partial charge in [0.05, 0.1) is 12.1 Å². The molecular formula is C52H84I4N5O11V. The van der Waals surface area contributed by atoms with E-state index in [2.05, 4.69) is 111 Å². The van der Waals surface area contributed by atoms with E-state index >= 15 is 0 Å². The summed E-state index contributed by atoms with van der Waals surface area (Å²) in [7, 11) is 0. The second-order valence-corrected chi connectivity index (χ2v) is 53.5. The molecule has 0 bridgehead atoms. The van der Waals surface area contributed by atoms with Crippen LogP contribution in [0.5, 0.6) is 23.0 Å². The van der Waals surface area contributed by atoms with Gasteiger partial charge in [-0.25, -0.2) is 4.79 Å². The Morgan fingerprint density at radius 3 is 1.53 bits per heavy atom. The number of carbonyl (C=O) groups excluding carboxylic acids is 4. The SMILES string of the molecule is C.CCCCCCCC(=O)N[C@H](CN1CCCC1)[C@H](O)c1ccc2c(c1)OCCO2.CCCCCCCC(=O)ON1C(=O)CCC1=O.CI.N[C@H](CN1CCCC1)[C@H](O)c1ccc2c(c1)OCCO2.[I][V]([I])[I]. The van der Waals surface area contributed by atoms with Crippen molar-refractivity contribution >= 4 is 106 Å². The van der Waals surface area contributed by atoms with Crippen molar-refractivity contribution in [1.29, 1.82) is 0 Å². The maximum absolute atomic E-state index is 12.5. The number of benzene rings is 2. The number of hydrogen-bond donors (Lipinski definition) is 4. The van der Waals surface area contributed by atoms with Crippen LogP contribution in [0, 0.1) is 0 Å². The molecule has 0 unspecified atom stereocenters. The fraction of sp³-hybridized carbons (Fsp3) is 0.692. The number of alkyl halides is 1. The number of hydrogen-bond acceptors (Lipinski definition) is 14. The molecule has 0 spiro atoms. The van der Waals surface area contributed by atoms with Crippen molar-refractivity contribution in [2.75, 3.05) is 70.6 Å². The van der Waals surface area contributed by atoms with Crippen LogP contribution >= 0.6 is 82.5 Å². The van der Waals surface area contributed by atoms with Crippen molar-refractivity contribution in [3.63, 3.8) is 0 Å². The van der Waals surface area contributed by atoms with Crippen molar-refractivity contribution in [1.82, 2.24) is 20.2 Å². The molecule has 2 aromatic rings. The van der Waals surface area contributed by atoms with E-state index in [0.717, 1.165) is 94.5 Å². The van der Waals surface area contributed by atoms with Gasteiger partial charge in [0.15, 0.2) is 23.0 Å². The van der Waals surface area contributed by atoms with Gasteiger partial charge >= 0.3 is 70.8 Å². The van der Waals surface area contributed by atoms with Gasteiger partial charge in [-0.2, -0.15) is 0 Å². The Labute approximate surface area is 487 Å². The van der Waals surface area contributed by atoms with Crippen LogP contribution in [0.25, 0.3) is 0 Å². The number of ether oxygens (including phenoxy) is 4. The van der Waals surface area contributed by atoms with Gasteiger partial charge < -0.3 is 54.8 Å². The number of amides is 3. The number of nitrogens with two attached hydrogens (primary N) is 1. The van der Waals surface area contributed by atoms with E-state index in [1.165, 1.54) is 44.9 Å². The third kappa shape index (κ3) is 27.0. The van der Waals surface area contributed by atoms with Gasteiger partial charge in [-0.1, -0.05) is 107 Å². The Hall–Kier alpha value is -0.976. The van der Waals surface area contributed by atoms with E-state index < -0.39 is 30.0 Å². The molecule has 7 rings (SSSR count). The van der Waals surface area contributed by atoms with Gasteiger partial charge in [0.2, 0.25) is 5.91 Å². The molecule has 5 aliphatic heterocycles. The number of fused-ring (bicyclic) bond motifs is 2. The zero-order chi connectivity index (χ0) is 52.7. The second-order valence-electron chi connectivity index (χ2n) is 18.1. The van der Waals surface area contributed by atoms with Gasteiger partial charge in [-0.15, -0.1) is 5.06 Å². The number of hydroxylamine groups is 2. The number of aliphatic hydroxyl groups excluding tert-OH is 2. The molecule has 3 amide bonds. The standard InChI is InChI=1S/C23H36N2O4.C15H22N2O3.C12H19NO4.CH3I.CH4.3HI.V/c1-2-3-4-5-6-9-22(26)24-19(17-25-12-7-8-13-25)23(27)18-10-11-20-21(16-18)29-15-14-28-20;16-12(10-17-5-1-2-6-17)15(18)11-3-4-13-14(9-11)20-8-7-19-13;1-2-3-4-5-6-7-12(16)17-13-10(14)8-9-11(13)15;1-2;;;;;/h10-11,16,19,23,27H,2-9,12-15,17H2,1H3,(H,24,26);3-4,9,12,15,18H,1-2,5-8,10,16H2;2-9H2,1H3;1H3;1H4;3*1H;/q;;;;;;;;+3/p-3/t19-,23-;12-,15-;;;;;;;/m11......./s1. The second kappa shape index (κ2) is 40.2. The number of nitrogens with zero attached hydrogens (tertiary/aromatic N) is 3. The number of carbonyl (C=O) groups is 4. The molecule has 5 N–H and O–H groups in total. The number of imide groups is 1. The molecular weight excluding hydrogens is 1430 g/mol. The van der Waals surface area contributed by atoms with E-state index in [-0.39, 0.29) is 49.6 Å². The molecule has 416 valence electrons. The molecule has 4 atom stereocenters.